The number of halogens is 4. The first-order valence-electron chi connectivity index (χ1n) is 14.6. The molecule has 0 spiro atoms. The zero-order valence-electron chi connectivity index (χ0n) is 26.6. The Morgan fingerprint density at radius 2 is 1.83 bits per heavy atom. The molecule has 2 aromatic carbocycles. The molecule has 0 radical (unpaired) electrons. The molecule has 8 nitrogen and oxygen atoms in total. The van der Waals surface area contributed by atoms with Crippen molar-refractivity contribution in [2.75, 3.05) is 24.3 Å². The summed E-state index contributed by atoms with van der Waals surface area (Å²) in [4.78, 5) is 30.8. The Balaban J connectivity index is 0.000000438. The topological polar surface area (TPSA) is 138 Å². The Bertz CT molecular complexity index is 1510. The smallest absolute Gasteiger partial charge is 0.404 e. The van der Waals surface area contributed by atoms with E-state index in [2.05, 4.69) is 42.0 Å². The highest BCUT2D eigenvalue weighted by atomic mass is 35.5. The van der Waals surface area contributed by atoms with Gasteiger partial charge < -0.3 is 27.1 Å². The fourth-order valence-corrected chi connectivity index (χ4v) is 4.97. The molecule has 0 bridgehead atoms. The average molecular weight is 659 g/mol. The predicted octanol–water partition coefficient (Wildman–Crippen LogP) is 6.61. The maximum Gasteiger partial charge on any atom is 0.416 e. The van der Waals surface area contributed by atoms with Crippen LogP contribution in [0.2, 0.25) is 0 Å². The molecule has 0 unspecified atom stereocenters. The number of alkyl halides is 4. The lowest BCUT2D eigenvalue weighted by Crippen LogP contribution is -2.51. The summed E-state index contributed by atoms with van der Waals surface area (Å²) >= 11 is 5.62. The largest absolute Gasteiger partial charge is 0.416 e. The van der Waals surface area contributed by atoms with Crippen LogP contribution in [0.1, 0.15) is 50.8 Å². The molecule has 1 heterocycles. The van der Waals surface area contributed by atoms with Gasteiger partial charge in [0.1, 0.15) is 0 Å². The summed E-state index contributed by atoms with van der Waals surface area (Å²) < 4.78 is 38.4. The van der Waals surface area contributed by atoms with Crippen LogP contribution in [0.3, 0.4) is 0 Å². The lowest BCUT2D eigenvalue weighted by atomic mass is 9.78. The zero-order valence-corrected chi connectivity index (χ0v) is 27.4. The summed E-state index contributed by atoms with van der Waals surface area (Å²) in [6, 6.07) is 13.0. The number of likely N-dealkylation sites (tertiary alicyclic amines) is 1. The first kappa shape index (κ1) is 37.8. The lowest BCUT2D eigenvalue weighted by molar-refractivity contribution is -0.137. The summed E-state index contributed by atoms with van der Waals surface area (Å²) in [5.41, 5.74) is 14.8. The second-order valence-electron chi connectivity index (χ2n) is 11.3. The fraction of sp³-hybridized carbons (Fsp3) is 0.353. The van der Waals surface area contributed by atoms with Crippen molar-refractivity contribution in [2.24, 2.45) is 21.9 Å². The van der Waals surface area contributed by atoms with Gasteiger partial charge in [-0.3, -0.25) is 14.6 Å². The third kappa shape index (κ3) is 10.6. The van der Waals surface area contributed by atoms with Crippen LogP contribution in [0.5, 0.6) is 0 Å². The SMILES string of the molecule is C=C(CCCl)Nc1cccc(CC)c1.CC(=O)/C(N)=C1\CN(C(=O)/C(C=N)=C/N)CC(C)(C)C1=NCc1ccc(C(F)(F)F)cc1. The van der Waals surface area contributed by atoms with Gasteiger partial charge in [0.05, 0.1) is 23.4 Å². The molecule has 6 N–H and O–H groups in total. The number of benzene rings is 2. The molecule has 0 aromatic heterocycles. The number of Topliss-reactive ketones (excluding diaryl/α,β-unsaturated/α-hetero) is 1. The van der Waals surface area contributed by atoms with Crippen molar-refractivity contribution in [3.05, 3.63) is 101 Å². The van der Waals surface area contributed by atoms with Crippen molar-refractivity contribution in [1.82, 2.24) is 4.90 Å². The molecule has 248 valence electrons. The quantitative estimate of drug-likeness (QED) is 0.129. The van der Waals surface area contributed by atoms with Crippen molar-refractivity contribution in [3.8, 4) is 0 Å². The zero-order chi connectivity index (χ0) is 34.7. The normalized spacial score (nSPS) is 16.7. The second kappa shape index (κ2) is 16.8. The fourth-order valence-electron chi connectivity index (χ4n) is 4.74. The van der Waals surface area contributed by atoms with Gasteiger partial charge in [0, 0.05) is 72.8 Å². The minimum Gasteiger partial charge on any atom is -0.404 e. The molecule has 0 saturated carbocycles. The van der Waals surface area contributed by atoms with Gasteiger partial charge in [-0.15, -0.1) is 11.6 Å². The van der Waals surface area contributed by atoms with Gasteiger partial charge in [-0.2, -0.15) is 13.2 Å². The number of anilines is 1. The number of allylic oxidation sites excluding steroid dienone is 2. The molecule has 0 aliphatic carbocycles. The molecule has 46 heavy (non-hydrogen) atoms. The molecule has 2 aromatic rings. The summed E-state index contributed by atoms with van der Waals surface area (Å²) in [6.45, 7) is 11.3. The van der Waals surface area contributed by atoms with E-state index >= 15 is 0 Å². The van der Waals surface area contributed by atoms with E-state index in [1.54, 1.807) is 0 Å². The number of nitrogens with zero attached hydrogens (tertiary/aromatic N) is 2. The number of aliphatic imine (C=N–C) groups is 1. The standard InChI is InChI=1S/C22H26F3N5O2.C12H16ClN/c1-13(31)18(28)17-11-30(20(32)15(8-26)9-27)12-21(2,3)19(17)29-10-14-4-6-16(7-5-14)22(23,24)25;1-3-11-5-4-6-12(9-11)14-10(2)7-8-13/h4-9,26H,10-12,27-28H2,1-3H3;4-6,9,14H,2-3,7-8H2,1H3/b15-9+,18-17-,26-8?,29-19?;. The van der Waals surface area contributed by atoms with E-state index in [-0.39, 0.29) is 30.9 Å². The van der Waals surface area contributed by atoms with E-state index in [4.69, 9.17) is 28.5 Å². The van der Waals surface area contributed by atoms with E-state index in [0.717, 1.165) is 48.8 Å². The Morgan fingerprint density at radius 3 is 2.35 bits per heavy atom. The number of carbonyl (C=O) groups excluding carboxylic acids is 2. The lowest BCUT2D eigenvalue weighted by Gasteiger charge is -2.41. The highest BCUT2D eigenvalue weighted by Gasteiger charge is 2.39. The number of nitrogens with two attached hydrogens (primary N) is 2. The maximum absolute atomic E-state index is 12.8. The van der Waals surface area contributed by atoms with E-state index in [1.807, 2.05) is 19.9 Å². The van der Waals surface area contributed by atoms with Gasteiger partial charge in [-0.25, -0.2) is 0 Å². The van der Waals surface area contributed by atoms with Crippen LogP contribution in [0.25, 0.3) is 0 Å². The number of hydrogen-bond acceptors (Lipinski definition) is 7. The van der Waals surface area contributed by atoms with Crippen LogP contribution in [-0.4, -0.2) is 47.5 Å². The Hall–Kier alpha value is -4.38. The number of nitrogens with one attached hydrogen (secondary N) is 2. The predicted molar refractivity (Wildman–Crippen MR) is 180 cm³/mol. The molecular weight excluding hydrogens is 617 g/mol. The van der Waals surface area contributed by atoms with Crippen LogP contribution < -0.4 is 16.8 Å². The highest BCUT2D eigenvalue weighted by Crippen LogP contribution is 2.33. The number of carbonyl (C=O) groups is 2. The molecule has 3 rings (SSSR count). The first-order chi connectivity index (χ1) is 21.6. The third-order valence-corrected chi connectivity index (χ3v) is 7.38. The Labute approximate surface area is 273 Å². The van der Waals surface area contributed by atoms with Gasteiger partial charge in [-0.05, 0) is 41.8 Å². The number of piperidine rings is 1. The highest BCUT2D eigenvalue weighted by molar-refractivity contribution is 6.18. The molecular formula is C34H42ClF3N6O2. The number of rotatable bonds is 10. The summed E-state index contributed by atoms with van der Waals surface area (Å²) in [6.07, 6.45) is -0.685. The van der Waals surface area contributed by atoms with Crippen LogP contribution in [-0.2, 0) is 28.7 Å². The van der Waals surface area contributed by atoms with Crippen LogP contribution in [0.4, 0.5) is 18.9 Å². The molecule has 1 aliphatic heterocycles. The molecule has 1 saturated heterocycles. The Kier molecular flexibility index (Phi) is 13.8. The van der Waals surface area contributed by atoms with Gasteiger partial charge in [0.25, 0.3) is 5.91 Å². The first-order valence-corrected chi connectivity index (χ1v) is 15.1. The van der Waals surface area contributed by atoms with Gasteiger partial charge in [0.2, 0.25) is 0 Å². The van der Waals surface area contributed by atoms with Crippen molar-refractivity contribution in [2.45, 2.75) is 53.3 Å². The van der Waals surface area contributed by atoms with E-state index in [9.17, 15) is 22.8 Å². The monoisotopic (exact) mass is 658 g/mol. The molecule has 12 heteroatoms. The second-order valence-corrected chi connectivity index (χ2v) is 11.7. The van der Waals surface area contributed by atoms with E-state index in [1.165, 1.54) is 29.5 Å². The van der Waals surface area contributed by atoms with E-state index < -0.39 is 28.8 Å². The minimum absolute atomic E-state index is 0.00769. The number of hydrogen-bond donors (Lipinski definition) is 4. The molecule has 1 amide bonds. The van der Waals surface area contributed by atoms with Gasteiger partial charge in [-0.1, -0.05) is 51.6 Å². The number of amides is 1. The van der Waals surface area contributed by atoms with Crippen molar-refractivity contribution >= 4 is 40.9 Å². The summed E-state index contributed by atoms with van der Waals surface area (Å²) in [5.74, 6) is -0.264. The molecule has 0 atom stereocenters. The van der Waals surface area contributed by atoms with Crippen molar-refractivity contribution < 1.29 is 22.8 Å². The minimum atomic E-state index is -4.43. The molecule has 1 aliphatic rings. The summed E-state index contributed by atoms with van der Waals surface area (Å²) in [7, 11) is 0. The van der Waals surface area contributed by atoms with Crippen LogP contribution >= 0.6 is 11.6 Å². The molecule has 1 fully saturated rings. The van der Waals surface area contributed by atoms with Crippen LogP contribution in [0, 0.1) is 10.8 Å². The van der Waals surface area contributed by atoms with E-state index in [0.29, 0.717) is 22.7 Å². The van der Waals surface area contributed by atoms with Crippen molar-refractivity contribution in [3.63, 3.8) is 0 Å². The van der Waals surface area contributed by atoms with Gasteiger partial charge >= 0.3 is 6.18 Å². The Morgan fingerprint density at radius 1 is 1.17 bits per heavy atom. The number of aryl methyl sites for hydroxylation is 1. The average Bonchev–Trinajstić information content (AvgIpc) is 3.00. The third-order valence-electron chi connectivity index (χ3n) is 7.19. The van der Waals surface area contributed by atoms with Crippen molar-refractivity contribution in [1.29, 1.82) is 5.41 Å². The summed E-state index contributed by atoms with van der Waals surface area (Å²) in [5, 5.41) is 10.6. The van der Waals surface area contributed by atoms with Crippen LogP contribution in [0.15, 0.2) is 88.8 Å². The maximum atomic E-state index is 12.8. The number of ketones is 1. The van der Waals surface area contributed by atoms with Gasteiger partial charge in [0.15, 0.2) is 5.78 Å².